The highest BCUT2D eigenvalue weighted by molar-refractivity contribution is 5.96. The lowest BCUT2D eigenvalue weighted by molar-refractivity contribution is -0.136. The smallest absolute Gasteiger partial charge is 0.241 e. The van der Waals surface area contributed by atoms with E-state index in [4.69, 9.17) is 4.74 Å². The van der Waals surface area contributed by atoms with E-state index in [-0.39, 0.29) is 17.7 Å². The Morgan fingerprint density at radius 3 is 2.50 bits per heavy atom. The van der Waals surface area contributed by atoms with Crippen molar-refractivity contribution in [2.45, 2.75) is 39.5 Å². The molecule has 0 N–H and O–H groups in total. The van der Waals surface area contributed by atoms with Crippen molar-refractivity contribution in [2.75, 3.05) is 51.3 Å². The molecule has 6 nitrogen and oxygen atoms in total. The molecule has 1 saturated heterocycles. The molecule has 1 aromatic carbocycles. The van der Waals surface area contributed by atoms with Gasteiger partial charge in [-0.05, 0) is 76.4 Å². The molecule has 28 heavy (non-hydrogen) atoms. The van der Waals surface area contributed by atoms with Gasteiger partial charge in [-0.15, -0.1) is 0 Å². The lowest BCUT2D eigenvalue weighted by atomic mass is 9.95. The topological polar surface area (TPSA) is 53.1 Å². The molecule has 0 aromatic heterocycles. The first-order valence-electron chi connectivity index (χ1n) is 10.6. The zero-order valence-electron chi connectivity index (χ0n) is 17.4. The number of fused-ring (bicyclic) bond motifs is 1. The Morgan fingerprint density at radius 2 is 1.86 bits per heavy atom. The highest BCUT2D eigenvalue weighted by Gasteiger charge is 2.30. The first-order valence-corrected chi connectivity index (χ1v) is 10.6. The molecule has 0 radical (unpaired) electrons. The first-order chi connectivity index (χ1) is 13.6. The van der Waals surface area contributed by atoms with Crippen LogP contribution in [0.5, 0.6) is 5.75 Å². The molecule has 0 unspecified atom stereocenters. The van der Waals surface area contributed by atoms with Gasteiger partial charge < -0.3 is 14.5 Å². The van der Waals surface area contributed by atoms with Gasteiger partial charge in [-0.1, -0.05) is 0 Å². The summed E-state index contributed by atoms with van der Waals surface area (Å²) in [4.78, 5) is 31.6. The Bertz CT molecular complexity index is 694. The normalized spacial score (nSPS) is 17.9. The van der Waals surface area contributed by atoms with Crippen molar-refractivity contribution in [1.29, 1.82) is 0 Å². The number of hydrogen-bond donors (Lipinski definition) is 0. The molecule has 0 atom stereocenters. The minimum Gasteiger partial charge on any atom is -0.497 e. The second kappa shape index (κ2) is 9.41. The van der Waals surface area contributed by atoms with Crippen molar-refractivity contribution >= 4 is 17.5 Å². The van der Waals surface area contributed by atoms with Crippen molar-refractivity contribution in [3.05, 3.63) is 23.8 Å². The van der Waals surface area contributed by atoms with Gasteiger partial charge in [0.05, 0.1) is 13.7 Å². The van der Waals surface area contributed by atoms with Crippen LogP contribution in [0.4, 0.5) is 5.69 Å². The number of carbonyl (C=O) groups is 2. The summed E-state index contributed by atoms with van der Waals surface area (Å²) in [7, 11) is 1.67. The largest absolute Gasteiger partial charge is 0.497 e. The molecule has 0 saturated carbocycles. The Balaban J connectivity index is 1.56. The minimum absolute atomic E-state index is 0.106. The molecular weight excluding hydrogens is 354 g/mol. The summed E-state index contributed by atoms with van der Waals surface area (Å²) in [5.41, 5.74) is 2.20. The van der Waals surface area contributed by atoms with Crippen LogP contribution in [0.2, 0.25) is 0 Å². The van der Waals surface area contributed by atoms with Gasteiger partial charge in [0, 0.05) is 31.2 Å². The highest BCUT2D eigenvalue weighted by Crippen LogP contribution is 2.31. The van der Waals surface area contributed by atoms with Gasteiger partial charge >= 0.3 is 0 Å². The van der Waals surface area contributed by atoms with Crippen LogP contribution >= 0.6 is 0 Å². The summed E-state index contributed by atoms with van der Waals surface area (Å²) in [6.07, 6.45) is 3.65. The molecule has 0 bridgehead atoms. The number of anilines is 1. The third-order valence-electron chi connectivity index (χ3n) is 6.08. The molecule has 3 rings (SSSR count). The molecule has 2 amide bonds. The average molecular weight is 388 g/mol. The average Bonchev–Trinajstić information content (AvgIpc) is 2.74. The van der Waals surface area contributed by atoms with Crippen LogP contribution in [0, 0.1) is 5.92 Å². The Kier molecular flexibility index (Phi) is 6.94. The zero-order chi connectivity index (χ0) is 20.1. The van der Waals surface area contributed by atoms with Crippen LogP contribution in [0.1, 0.15) is 38.7 Å². The molecule has 0 aliphatic carbocycles. The molecule has 2 aliphatic heterocycles. The lowest BCUT2D eigenvalue weighted by Gasteiger charge is -2.35. The van der Waals surface area contributed by atoms with Gasteiger partial charge in [-0.2, -0.15) is 0 Å². The van der Waals surface area contributed by atoms with Gasteiger partial charge in [-0.3, -0.25) is 14.5 Å². The van der Waals surface area contributed by atoms with E-state index in [9.17, 15) is 9.59 Å². The number of piperidine rings is 1. The summed E-state index contributed by atoms with van der Waals surface area (Å²) in [6.45, 7) is 8.43. The molecule has 154 valence electrons. The summed E-state index contributed by atoms with van der Waals surface area (Å²) in [6, 6.07) is 5.97. The standard InChI is InChI=1S/C22H33N3O3/c1-4-24(5-2)22(27)17-10-13-23(14-11-17)16-21(26)25-12-6-7-18-15-19(28-3)8-9-20(18)25/h8-9,15,17H,4-7,10-14,16H2,1-3H3. The number of nitrogens with zero attached hydrogens (tertiary/aromatic N) is 3. The van der Waals surface area contributed by atoms with Gasteiger partial charge in [-0.25, -0.2) is 0 Å². The number of likely N-dealkylation sites (tertiary alicyclic amines) is 1. The van der Waals surface area contributed by atoms with Crippen LogP contribution in [0.3, 0.4) is 0 Å². The fourth-order valence-electron chi connectivity index (χ4n) is 4.37. The molecule has 2 heterocycles. The zero-order valence-corrected chi connectivity index (χ0v) is 17.4. The van der Waals surface area contributed by atoms with E-state index in [0.717, 1.165) is 69.8 Å². The maximum atomic E-state index is 13.0. The van der Waals surface area contributed by atoms with Crippen LogP contribution in [-0.2, 0) is 16.0 Å². The molecular formula is C22H33N3O3. The summed E-state index contributed by atoms with van der Waals surface area (Å²) in [5.74, 6) is 1.37. The number of amides is 2. The van der Waals surface area contributed by atoms with E-state index < -0.39 is 0 Å². The monoisotopic (exact) mass is 387 g/mol. The summed E-state index contributed by atoms with van der Waals surface area (Å²) >= 11 is 0. The Morgan fingerprint density at radius 1 is 1.14 bits per heavy atom. The van der Waals surface area contributed by atoms with Gasteiger partial charge in [0.1, 0.15) is 5.75 Å². The van der Waals surface area contributed by atoms with Crippen LogP contribution in [-0.4, -0.2) is 68.0 Å². The predicted octanol–water partition coefficient (Wildman–Crippen LogP) is 2.55. The molecule has 1 fully saturated rings. The van der Waals surface area contributed by atoms with Crippen LogP contribution in [0.15, 0.2) is 18.2 Å². The maximum absolute atomic E-state index is 13.0. The highest BCUT2D eigenvalue weighted by atomic mass is 16.5. The third kappa shape index (κ3) is 4.49. The van der Waals surface area contributed by atoms with E-state index in [1.807, 2.05) is 41.8 Å². The minimum atomic E-state index is 0.106. The van der Waals surface area contributed by atoms with Crippen molar-refractivity contribution in [1.82, 2.24) is 9.80 Å². The molecule has 6 heteroatoms. The SMILES string of the molecule is CCN(CC)C(=O)C1CCN(CC(=O)N2CCCc3cc(OC)ccc32)CC1. The van der Waals surface area contributed by atoms with Crippen LogP contribution in [0.25, 0.3) is 0 Å². The Labute approximate surface area is 168 Å². The summed E-state index contributed by atoms with van der Waals surface area (Å²) in [5, 5.41) is 0. The van der Waals surface area contributed by atoms with Gasteiger partial charge in [0.15, 0.2) is 0 Å². The van der Waals surface area contributed by atoms with E-state index in [1.54, 1.807) is 7.11 Å². The number of rotatable bonds is 6. The Hall–Kier alpha value is -2.08. The van der Waals surface area contributed by atoms with Crippen molar-refractivity contribution < 1.29 is 14.3 Å². The number of methoxy groups -OCH3 is 1. The molecule has 0 spiro atoms. The fraction of sp³-hybridized carbons (Fsp3) is 0.636. The fourth-order valence-corrected chi connectivity index (χ4v) is 4.37. The predicted molar refractivity (Wildman–Crippen MR) is 111 cm³/mol. The van der Waals surface area contributed by atoms with Gasteiger partial charge in [0.25, 0.3) is 0 Å². The van der Waals surface area contributed by atoms with Gasteiger partial charge in [0.2, 0.25) is 11.8 Å². The van der Waals surface area contributed by atoms with Crippen molar-refractivity contribution in [2.24, 2.45) is 5.92 Å². The number of aryl methyl sites for hydroxylation is 1. The van der Waals surface area contributed by atoms with E-state index >= 15 is 0 Å². The number of ether oxygens (including phenoxy) is 1. The van der Waals surface area contributed by atoms with E-state index in [0.29, 0.717) is 6.54 Å². The van der Waals surface area contributed by atoms with Crippen molar-refractivity contribution in [3.8, 4) is 5.75 Å². The number of benzene rings is 1. The quantitative estimate of drug-likeness (QED) is 0.753. The second-order valence-electron chi connectivity index (χ2n) is 7.70. The second-order valence-corrected chi connectivity index (χ2v) is 7.70. The maximum Gasteiger partial charge on any atom is 0.241 e. The molecule has 1 aromatic rings. The van der Waals surface area contributed by atoms with Crippen molar-refractivity contribution in [3.63, 3.8) is 0 Å². The number of hydrogen-bond acceptors (Lipinski definition) is 4. The van der Waals surface area contributed by atoms with Crippen LogP contribution < -0.4 is 9.64 Å². The summed E-state index contributed by atoms with van der Waals surface area (Å²) < 4.78 is 5.32. The third-order valence-corrected chi connectivity index (χ3v) is 6.08. The van der Waals surface area contributed by atoms with E-state index in [2.05, 4.69) is 4.90 Å². The first kappa shape index (κ1) is 20.6. The number of carbonyl (C=O) groups excluding carboxylic acids is 2. The van der Waals surface area contributed by atoms with E-state index in [1.165, 1.54) is 5.56 Å². The lowest BCUT2D eigenvalue weighted by Crippen LogP contribution is -2.47. The molecule has 2 aliphatic rings.